The van der Waals surface area contributed by atoms with E-state index in [4.69, 9.17) is 10.5 Å². The number of hydrogen-bond donors (Lipinski definition) is 1. The summed E-state index contributed by atoms with van der Waals surface area (Å²) in [7, 11) is 0. The molecule has 0 aromatic heterocycles. The average Bonchev–Trinajstić information content (AvgIpc) is 2.38. The molecule has 0 amide bonds. The molecule has 0 aromatic rings. The van der Waals surface area contributed by atoms with E-state index in [0.29, 0.717) is 32.5 Å². The Morgan fingerprint density at radius 3 is 2.22 bits per heavy atom. The highest BCUT2D eigenvalue weighted by atomic mass is 16.5. The maximum absolute atomic E-state index is 12.1. The van der Waals surface area contributed by atoms with Crippen LogP contribution in [0.2, 0.25) is 0 Å². The van der Waals surface area contributed by atoms with Gasteiger partial charge in [-0.25, -0.2) is 0 Å². The molecule has 0 radical (unpaired) electrons. The first-order valence-corrected chi connectivity index (χ1v) is 7.59. The fourth-order valence-corrected chi connectivity index (χ4v) is 2.51. The van der Waals surface area contributed by atoms with E-state index in [0.717, 1.165) is 6.42 Å². The van der Waals surface area contributed by atoms with Crippen LogP contribution < -0.4 is 5.73 Å². The fourth-order valence-electron chi connectivity index (χ4n) is 2.51. The zero-order valence-corrected chi connectivity index (χ0v) is 11.9. The number of ketones is 1. The molecule has 106 valence electrons. The van der Waals surface area contributed by atoms with Crippen molar-refractivity contribution in [1.29, 1.82) is 0 Å². The van der Waals surface area contributed by atoms with E-state index in [9.17, 15) is 4.79 Å². The number of ether oxygens (including phenoxy) is 1. The normalized spacial score (nSPS) is 18.8. The summed E-state index contributed by atoms with van der Waals surface area (Å²) in [5.41, 5.74) is 5.57. The Balaban J connectivity index is 2.05. The van der Waals surface area contributed by atoms with Crippen LogP contribution in [-0.4, -0.2) is 24.5 Å². The van der Waals surface area contributed by atoms with Crippen LogP contribution >= 0.6 is 0 Å². The van der Waals surface area contributed by atoms with Gasteiger partial charge in [-0.3, -0.25) is 4.79 Å². The first-order valence-electron chi connectivity index (χ1n) is 7.59. The SMILES string of the molecule is CCCCCCCCCC(=O)C1(N)CCOCC1. The molecule has 1 saturated heterocycles. The Labute approximate surface area is 111 Å². The van der Waals surface area contributed by atoms with Crippen molar-refractivity contribution in [3.8, 4) is 0 Å². The maximum atomic E-state index is 12.1. The molecule has 18 heavy (non-hydrogen) atoms. The summed E-state index contributed by atoms with van der Waals surface area (Å²) in [5, 5.41) is 0. The second-order valence-corrected chi connectivity index (χ2v) is 5.56. The van der Waals surface area contributed by atoms with E-state index in [-0.39, 0.29) is 5.78 Å². The Bertz CT molecular complexity index is 235. The van der Waals surface area contributed by atoms with Gasteiger partial charge in [0, 0.05) is 19.6 Å². The van der Waals surface area contributed by atoms with Gasteiger partial charge in [0.2, 0.25) is 0 Å². The number of nitrogens with two attached hydrogens (primary N) is 1. The minimum atomic E-state index is -0.583. The Kier molecular flexibility index (Phi) is 7.52. The molecule has 3 heteroatoms. The Morgan fingerprint density at radius 2 is 1.61 bits per heavy atom. The van der Waals surface area contributed by atoms with Crippen LogP contribution in [0.4, 0.5) is 0 Å². The molecule has 0 saturated carbocycles. The number of hydrogen-bond acceptors (Lipinski definition) is 3. The number of carbonyl (C=O) groups is 1. The quantitative estimate of drug-likeness (QED) is 0.644. The van der Waals surface area contributed by atoms with Crippen molar-refractivity contribution in [2.75, 3.05) is 13.2 Å². The van der Waals surface area contributed by atoms with Crippen molar-refractivity contribution in [3.05, 3.63) is 0 Å². The lowest BCUT2D eigenvalue weighted by molar-refractivity contribution is -0.127. The zero-order chi connectivity index (χ0) is 13.3. The minimum Gasteiger partial charge on any atom is -0.381 e. The van der Waals surface area contributed by atoms with Crippen LogP contribution in [0.25, 0.3) is 0 Å². The predicted octanol–water partition coefficient (Wildman–Crippen LogP) is 3.20. The van der Waals surface area contributed by atoms with Gasteiger partial charge in [0.05, 0.1) is 5.54 Å². The third kappa shape index (κ3) is 5.49. The van der Waals surface area contributed by atoms with E-state index in [1.54, 1.807) is 0 Å². The van der Waals surface area contributed by atoms with Gasteiger partial charge in [0.25, 0.3) is 0 Å². The highest BCUT2D eigenvalue weighted by Crippen LogP contribution is 2.21. The van der Waals surface area contributed by atoms with Crippen LogP contribution in [0.5, 0.6) is 0 Å². The minimum absolute atomic E-state index is 0.249. The van der Waals surface area contributed by atoms with Gasteiger partial charge in [-0.15, -0.1) is 0 Å². The highest BCUT2D eigenvalue weighted by molar-refractivity contribution is 5.88. The smallest absolute Gasteiger partial charge is 0.152 e. The lowest BCUT2D eigenvalue weighted by Crippen LogP contribution is -2.51. The van der Waals surface area contributed by atoms with Crippen molar-refractivity contribution in [1.82, 2.24) is 0 Å². The lowest BCUT2D eigenvalue weighted by atomic mass is 9.84. The van der Waals surface area contributed by atoms with Crippen LogP contribution in [0.1, 0.15) is 71.1 Å². The topological polar surface area (TPSA) is 52.3 Å². The summed E-state index contributed by atoms with van der Waals surface area (Å²) >= 11 is 0. The number of rotatable bonds is 9. The summed E-state index contributed by atoms with van der Waals surface area (Å²) in [6.07, 6.45) is 10.8. The summed E-state index contributed by atoms with van der Waals surface area (Å²) in [4.78, 5) is 12.1. The number of unbranched alkanes of at least 4 members (excludes halogenated alkanes) is 6. The molecule has 1 fully saturated rings. The largest absolute Gasteiger partial charge is 0.381 e. The molecular weight excluding hydrogens is 226 g/mol. The van der Waals surface area contributed by atoms with Crippen molar-refractivity contribution in [2.45, 2.75) is 76.7 Å². The Hall–Kier alpha value is -0.410. The van der Waals surface area contributed by atoms with Crippen molar-refractivity contribution < 1.29 is 9.53 Å². The van der Waals surface area contributed by atoms with Gasteiger partial charge in [-0.05, 0) is 19.3 Å². The third-order valence-corrected chi connectivity index (χ3v) is 3.95. The average molecular weight is 255 g/mol. The number of carbonyl (C=O) groups excluding carboxylic acids is 1. The monoisotopic (exact) mass is 255 g/mol. The molecule has 0 aliphatic carbocycles. The molecule has 0 aromatic carbocycles. The van der Waals surface area contributed by atoms with Crippen molar-refractivity contribution >= 4 is 5.78 Å². The first-order chi connectivity index (χ1) is 8.69. The van der Waals surface area contributed by atoms with Gasteiger partial charge in [0.15, 0.2) is 5.78 Å². The molecule has 1 heterocycles. The van der Waals surface area contributed by atoms with Crippen LogP contribution in [0, 0.1) is 0 Å². The molecule has 2 N–H and O–H groups in total. The summed E-state index contributed by atoms with van der Waals surface area (Å²) < 4.78 is 5.26. The van der Waals surface area contributed by atoms with E-state index in [1.165, 1.54) is 38.5 Å². The van der Waals surface area contributed by atoms with Gasteiger partial charge < -0.3 is 10.5 Å². The molecular formula is C15H29NO2. The van der Waals surface area contributed by atoms with Crippen molar-refractivity contribution in [2.24, 2.45) is 5.73 Å². The van der Waals surface area contributed by atoms with Crippen LogP contribution in [0.15, 0.2) is 0 Å². The second kappa shape index (κ2) is 8.65. The Morgan fingerprint density at radius 1 is 1.06 bits per heavy atom. The molecule has 1 aliphatic heterocycles. The summed E-state index contributed by atoms with van der Waals surface area (Å²) in [6, 6.07) is 0. The molecule has 0 bridgehead atoms. The summed E-state index contributed by atoms with van der Waals surface area (Å²) in [5.74, 6) is 0.249. The van der Waals surface area contributed by atoms with E-state index in [2.05, 4.69) is 6.92 Å². The number of Topliss-reactive ketones (excluding diaryl/α,β-unsaturated/α-hetero) is 1. The van der Waals surface area contributed by atoms with Crippen LogP contribution in [0.3, 0.4) is 0 Å². The molecule has 0 unspecified atom stereocenters. The zero-order valence-electron chi connectivity index (χ0n) is 11.9. The van der Waals surface area contributed by atoms with Crippen LogP contribution in [-0.2, 0) is 9.53 Å². The van der Waals surface area contributed by atoms with E-state index < -0.39 is 5.54 Å². The molecule has 1 rings (SSSR count). The third-order valence-electron chi connectivity index (χ3n) is 3.95. The maximum Gasteiger partial charge on any atom is 0.152 e. The van der Waals surface area contributed by atoms with Gasteiger partial charge in [0.1, 0.15) is 0 Å². The molecule has 0 spiro atoms. The predicted molar refractivity (Wildman–Crippen MR) is 74.6 cm³/mol. The standard InChI is InChI=1S/C15H29NO2/c1-2-3-4-5-6-7-8-9-14(17)15(16)10-12-18-13-11-15/h2-13,16H2,1H3. The van der Waals surface area contributed by atoms with E-state index >= 15 is 0 Å². The highest BCUT2D eigenvalue weighted by Gasteiger charge is 2.34. The van der Waals surface area contributed by atoms with Gasteiger partial charge in [-0.2, -0.15) is 0 Å². The van der Waals surface area contributed by atoms with Crippen molar-refractivity contribution in [3.63, 3.8) is 0 Å². The first kappa shape index (κ1) is 15.6. The van der Waals surface area contributed by atoms with E-state index in [1.807, 2.05) is 0 Å². The van der Waals surface area contributed by atoms with Gasteiger partial charge in [-0.1, -0.05) is 45.4 Å². The fraction of sp³-hybridized carbons (Fsp3) is 0.933. The molecule has 3 nitrogen and oxygen atoms in total. The lowest BCUT2D eigenvalue weighted by Gasteiger charge is -2.31. The molecule has 1 aliphatic rings. The summed E-state index contributed by atoms with van der Waals surface area (Å²) in [6.45, 7) is 3.51. The van der Waals surface area contributed by atoms with Gasteiger partial charge >= 0.3 is 0 Å². The second-order valence-electron chi connectivity index (χ2n) is 5.56. The molecule has 0 atom stereocenters.